The molecule has 2 aromatic rings. The molecule has 2 rings (SSSR count). The van der Waals surface area contributed by atoms with Crippen molar-refractivity contribution in [1.82, 2.24) is 0 Å². The second-order valence-electron chi connectivity index (χ2n) is 4.37. The molecule has 0 amide bonds. The van der Waals surface area contributed by atoms with Gasteiger partial charge in [-0.25, -0.2) is 0 Å². The Morgan fingerprint density at radius 1 is 1.00 bits per heavy atom. The Bertz CT molecular complexity index is 481. The summed E-state index contributed by atoms with van der Waals surface area (Å²) in [5, 5.41) is 3.53. The van der Waals surface area contributed by atoms with Crippen molar-refractivity contribution in [2.24, 2.45) is 0 Å². The summed E-state index contributed by atoms with van der Waals surface area (Å²) >= 11 is 0. The molecular formula is C16H19NO. The van der Waals surface area contributed by atoms with Crippen molar-refractivity contribution in [3.63, 3.8) is 0 Å². The van der Waals surface area contributed by atoms with E-state index in [-0.39, 0.29) is 6.04 Å². The topological polar surface area (TPSA) is 21.3 Å². The normalized spacial score (nSPS) is 12.1. The van der Waals surface area contributed by atoms with Gasteiger partial charge in [0.1, 0.15) is 0 Å². The van der Waals surface area contributed by atoms with Crippen molar-refractivity contribution in [3.8, 4) is 0 Å². The number of para-hydroxylation sites is 1. The maximum atomic E-state index is 5.22. The number of hydrogen-bond acceptors (Lipinski definition) is 2. The average molecular weight is 241 g/mol. The lowest BCUT2D eigenvalue weighted by molar-refractivity contribution is 0.185. The molecule has 0 radical (unpaired) electrons. The zero-order chi connectivity index (χ0) is 12.8. The first-order chi connectivity index (χ1) is 8.81. The Labute approximate surface area is 109 Å². The first-order valence-electron chi connectivity index (χ1n) is 6.19. The van der Waals surface area contributed by atoms with Crippen LogP contribution in [0.2, 0.25) is 0 Å². The summed E-state index contributed by atoms with van der Waals surface area (Å²) < 4.78 is 5.22. The zero-order valence-electron chi connectivity index (χ0n) is 10.9. The molecule has 0 saturated heterocycles. The van der Waals surface area contributed by atoms with Crippen molar-refractivity contribution in [2.45, 2.75) is 19.6 Å². The number of anilines is 1. The van der Waals surface area contributed by atoms with Crippen LogP contribution in [-0.4, -0.2) is 7.11 Å². The summed E-state index contributed by atoms with van der Waals surface area (Å²) in [6, 6.07) is 19.0. The fourth-order valence-electron chi connectivity index (χ4n) is 2.00. The third-order valence-corrected chi connectivity index (χ3v) is 2.99. The zero-order valence-corrected chi connectivity index (χ0v) is 10.9. The fraction of sp³-hybridized carbons (Fsp3) is 0.250. The molecule has 2 nitrogen and oxygen atoms in total. The van der Waals surface area contributed by atoms with Crippen molar-refractivity contribution in [1.29, 1.82) is 0 Å². The van der Waals surface area contributed by atoms with Crippen molar-refractivity contribution < 1.29 is 4.74 Å². The molecule has 0 bridgehead atoms. The molecule has 2 aromatic carbocycles. The van der Waals surface area contributed by atoms with E-state index in [1.54, 1.807) is 7.11 Å². The molecule has 0 fully saturated rings. The summed E-state index contributed by atoms with van der Waals surface area (Å²) in [4.78, 5) is 0. The van der Waals surface area contributed by atoms with Gasteiger partial charge in [-0.1, -0.05) is 48.5 Å². The molecule has 0 heterocycles. The molecule has 0 aliphatic carbocycles. The molecule has 1 N–H and O–H groups in total. The van der Waals surface area contributed by atoms with E-state index in [2.05, 4.69) is 48.6 Å². The summed E-state index contributed by atoms with van der Waals surface area (Å²) in [5.74, 6) is 0. The fourth-order valence-corrected chi connectivity index (χ4v) is 2.00. The third kappa shape index (κ3) is 3.11. The molecule has 0 spiro atoms. The van der Waals surface area contributed by atoms with E-state index in [4.69, 9.17) is 4.74 Å². The summed E-state index contributed by atoms with van der Waals surface area (Å²) in [7, 11) is 1.72. The van der Waals surface area contributed by atoms with Crippen LogP contribution >= 0.6 is 0 Å². The summed E-state index contributed by atoms with van der Waals surface area (Å²) in [6.45, 7) is 2.80. The Hall–Kier alpha value is -1.80. The van der Waals surface area contributed by atoms with Crippen LogP contribution < -0.4 is 5.32 Å². The number of benzene rings is 2. The molecule has 94 valence electrons. The number of nitrogens with one attached hydrogen (secondary N) is 1. The van der Waals surface area contributed by atoms with E-state index < -0.39 is 0 Å². The lowest BCUT2D eigenvalue weighted by Crippen LogP contribution is -2.08. The minimum atomic E-state index is 0.282. The van der Waals surface area contributed by atoms with Crippen molar-refractivity contribution in [2.75, 3.05) is 12.4 Å². The van der Waals surface area contributed by atoms with E-state index in [0.29, 0.717) is 6.61 Å². The van der Waals surface area contributed by atoms with Crippen LogP contribution in [0.4, 0.5) is 5.69 Å². The smallest absolute Gasteiger partial charge is 0.0733 e. The Morgan fingerprint density at radius 2 is 1.67 bits per heavy atom. The predicted molar refractivity (Wildman–Crippen MR) is 75.6 cm³/mol. The number of rotatable bonds is 5. The maximum Gasteiger partial charge on any atom is 0.0733 e. The van der Waals surface area contributed by atoms with Crippen LogP contribution in [0.3, 0.4) is 0 Å². The van der Waals surface area contributed by atoms with Crippen molar-refractivity contribution >= 4 is 5.69 Å². The van der Waals surface area contributed by atoms with Gasteiger partial charge in [0.2, 0.25) is 0 Å². The monoisotopic (exact) mass is 241 g/mol. The van der Waals surface area contributed by atoms with Crippen LogP contribution in [-0.2, 0) is 11.3 Å². The maximum absolute atomic E-state index is 5.22. The average Bonchev–Trinajstić information content (AvgIpc) is 2.42. The third-order valence-electron chi connectivity index (χ3n) is 2.99. The minimum Gasteiger partial charge on any atom is -0.380 e. The molecule has 1 unspecified atom stereocenters. The van der Waals surface area contributed by atoms with Crippen LogP contribution in [0.25, 0.3) is 0 Å². The van der Waals surface area contributed by atoms with E-state index >= 15 is 0 Å². The standard InChI is InChI=1S/C16H19NO/c1-13(14-8-4-3-5-9-14)17-16-11-7-6-10-15(16)12-18-2/h3-11,13,17H,12H2,1-2H3. The Kier molecular flexibility index (Phi) is 4.37. The van der Waals surface area contributed by atoms with E-state index in [1.165, 1.54) is 11.1 Å². The van der Waals surface area contributed by atoms with E-state index in [9.17, 15) is 0 Å². The largest absolute Gasteiger partial charge is 0.380 e. The van der Waals surface area contributed by atoms with Gasteiger partial charge in [-0.3, -0.25) is 0 Å². The van der Waals surface area contributed by atoms with E-state index in [1.807, 2.05) is 18.2 Å². The number of methoxy groups -OCH3 is 1. The molecule has 1 atom stereocenters. The van der Waals surface area contributed by atoms with Crippen molar-refractivity contribution in [3.05, 3.63) is 65.7 Å². The highest BCUT2D eigenvalue weighted by atomic mass is 16.5. The molecule has 0 saturated carbocycles. The highest BCUT2D eigenvalue weighted by Crippen LogP contribution is 2.22. The van der Waals surface area contributed by atoms with Gasteiger partial charge in [0, 0.05) is 24.4 Å². The van der Waals surface area contributed by atoms with Gasteiger partial charge >= 0.3 is 0 Å². The minimum absolute atomic E-state index is 0.282. The van der Waals surface area contributed by atoms with Gasteiger partial charge in [-0.15, -0.1) is 0 Å². The second kappa shape index (κ2) is 6.22. The molecule has 18 heavy (non-hydrogen) atoms. The molecule has 0 aliphatic rings. The lowest BCUT2D eigenvalue weighted by atomic mass is 10.1. The molecule has 2 heteroatoms. The van der Waals surface area contributed by atoms with Gasteiger partial charge < -0.3 is 10.1 Å². The van der Waals surface area contributed by atoms with Crippen LogP contribution in [0.15, 0.2) is 54.6 Å². The second-order valence-corrected chi connectivity index (χ2v) is 4.37. The summed E-state index contributed by atoms with van der Waals surface area (Å²) in [6.07, 6.45) is 0. The van der Waals surface area contributed by atoms with Gasteiger partial charge in [-0.2, -0.15) is 0 Å². The molecule has 0 aliphatic heterocycles. The Morgan fingerprint density at radius 3 is 2.39 bits per heavy atom. The van der Waals surface area contributed by atoms with Gasteiger partial charge in [0.15, 0.2) is 0 Å². The van der Waals surface area contributed by atoms with Gasteiger partial charge in [-0.05, 0) is 18.6 Å². The van der Waals surface area contributed by atoms with Gasteiger partial charge in [0.05, 0.1) is 6.61 Å². The first-order valence-corrected chi connectivity index (χ1v) is 6.19. The molecule has 0 aromatic heterocycles. The number of hydrogen-bond donors (Lipinski definition) is 1. The summed E-state index contributed by atoms with van der Waals surface area (Å²) in [5.41, 5.74) is 3.60. The highest BCUT2D eigenvalue weighted by Gasteiger charge is 2.07. The number of ether oxygens (including phenoxy) is 1. The lowest BCUT2D eigenvalue weighted by Gasteiger charge is -2.18. The van der Waals surface area contributed by atoms with Crippen LogP contribution in [0, 0.1) is 0 Å². The van der Waals surface area contributed by atoms with Crippen LogP contribution in [0.1, 0.15) is 24.1 Å². The predicted octanol–water partition coefficient (Wildman–Crippen LogP) is 4.01. The SMILES string of the molecule is COCc1ccccc1NC(C)c1ccccc1. The first kappa shape index (κ1) is 12.7. The van der Waals surface area contributed by atoms with Crippen LogP contribution in [0.5, 0.6) is 0 Å². The van der Waals surface area contributed by atoms with E-state index in [0.717, 1.165) is 5.69 Å². The quantitative estimate of drug-likeness (QED) is 0.854. The Balaban J connectivity index is 2.14. The molecular weight excluding hydrogens is 222 g/mol. The van der Waals surface area contributed by atoms with Gasteiger partial charge in [0.25, 0.3) is 0 Å². The highest BCUT2D eigenvalue weighted by molar-refractivity contribution is 5.52.